The molecule has 0 saturated carbocycles. The van der Waals surface area contributed by atoms with E-state index < -0.39 is 15.9 Å². The predicted molar refractivity (Wildman–Crippen MR) is 87.3 cm³/mol. The summed E-state index contributed by atoms with van der Waals surface area (Å²) in [6.07, 6.45) is 4.71. The number of hydrogen-bond donors (Lipinski definition) is 1. The molecule has 0 aromatic rings. The molecule has 0 aliphatic carbocycles. The van der Waals surface area contributed by atoms with E-state index in [0.717, 1.165) is 6.26 Å². The van der Waals surface area contributed by atoms with Crippen LogP contribution >= 0.6 is 11.6 Å². The highest BCUT2D eigenvalue weighted by Crippen LogP contribution is 2.10. The van der Waals surface area contributed by atoms with Gasteiger partial charge in [-0.3, -0.25) is 4.79 Å². The number of nitrogens with zero attached hydrogens (tertiary/aromatic N) is 1. The minimum absolute atomic E-state index is 0.150. The van der Waals surface area contributed by atoms with Crippen LogP contribution < -0.4 is 5.32 Å². The highest BCUT2D eigenvalue weighted by molar-refractivity contribution is 7.88. The Balaban J connectivity index is 4.77. The summed E-state index contributed by atoms with van der Waals surface area (Å²) < 4.78 is 24.4. The van der Waals surface area contributed by atoms with Gasteiger partial charge in [-0.15, -0.1) is 0 Å². The van der Waals surface area contributed by atoms with Gasteiger partial charge in [0.05, 0.1) is 12.2 Å². The number of amides is 1. The second-order valence-corrected chi connectivity index (χ2v) is 7.08. The van der Waals surface area contributed by atoms with E-state index in [-0.39, 0.29) is 12.5 Å². The summed E-state index contributed by atoms with van der Waals surface area (Å²) in [5.41, 5.74) is 0.377. The van der Waals surface area contributed by atoms with Crippen molar-refractivity contribution in [2.75, 3.05) is 19.3 Å². The third-order valence-electron chi connectivity index (χ3n) is 2.86. The SMILES string of the molecule is C=C(Cl)/C=C\C(=C)NC(=O)[C@H](CC)CN(CC)S(C)(=O)=O. The average molecular weight is 335 g/mol. The summed E-state index contributed by atoms with van der Waals surface area (Å²) in [7, 11) is -3.32. The smallest absolute Gasteiger partial charge is 0.228 e. The Morgan fingerprint density at radius 3 is 2.29 bits per heavy atom. The van der Waals surface area contributed by atoms with E-state index >= 15 is 0 Å². The lowest BCUT2D eigenvalue weighted by Crippen LogP contribution is -2.40. The van der Waals surface area contributed by atoms with Crippen LogP contribution in [0.2, 0.25) is 0 Å². The molecule has 0 aliphatic rings. The second-order valence-electron chi connectivity index (χ2n) is 4.61. The number of hydrogen-bond acceptors (Lipinski definition) is 3. The molecular formula is C14H23ClN2O3S. The Hall–Kier alpha value is -1.11. The van der Waals surface area contributed by atoms with Crippen molar-refractivity contribution >= 4 is 27.5 Å². The van der Waals surface area contributed by atoms with Gasteiger partial charge in [0.25, 0.3) is 0 Å². The zero-order valence-electron chi connectivity index (χ0n) is 12.7. The van der Waals surface area contributed by atoms with Gasteiger partial charge >= 0.3 is 0 Å². The number of rotatable bonds is 9. The highest BCUT2D eigenvalue weighted by atomic mass is 35.5. The van der Waals surface area contributed by atoms with Crippen molar-refractivity contribution < 1.29 is 13.2 Å². The molecule has 0 fully saturated rings. The first-order valence-corrected chi connectivity index (χ1v) is 8.81. The van der Waals surface area contributed by atoms with E-state index in [1.54, 1.807) is 6.92 Å². The molecule has 0 unspecified atom stereocenters. The Bertz CT molecular complexity index is 526. The molecule has 0 saturated heterocycles. The summed E-state index contributed by atoms with van der Waals surface area (Å²) in [6, 6.07) is 0. The molecule has 21 heavy (non-hydrogen) atoms. The molecule has 0 spiro atoms. The van der Waals surface area contributed by atoms with E-state index in [2.05, 4.69) is 18.5 Å². The molecule has 5 nitrogen and oxygen atoms in total. The third-order valence-corrected chi connectivity index (χ3v) is 4.33. The van der Waals surface area contributed by atoms with Crippen LogP contribution in [0, 0.1) is 5.92 Å². The summed E-state index contributed by atoms with van der Waals surface area (Å²) in [5, 5.41) is 2.95. The van der Waals surface area contributed by atoms with Crippen LogP contribution in [0.1, 0.15) is 20.3 Å². The lowest BCUT2D eigenvalue weighted by Gasteiger charge is -2.23. The quantitative estimate of drug-likeness (QED) is 0.657. The van der Waals surface area contributed by atoms with Gasteiger partial charge in [-0.25, -0.2) is 12.7 Å². The number of sulfonamides is 1. The summed E-state index contributed by atoms with van der Waals surface area (Å²) in [5.74, 6) is -0.710. The first kappa shape index (κ1) is 19.9. The number of halogens is 1. The number of allylic oxidation sites excluding steroid dienone is 3. The van der Waals surface area contributed by atoms with Gasteiger partial charge in [-0.2, -0.15) is 0 Å². The van der Waals surface area contributed by atoms with Crippen molar-refractivity contribution in [2.24, 2.45) is 5.92 Å². The first-order valence-electron chi connectivity index (χ1n) is 6.59. The minimum Gasteiger partial charge on any atom is -0.326 e. The van der Waals surface area contributed by atoms with Crippen molar-refractivity contribution in [1.82, 2.24) is 9.62 Å². The third kappa shape index (κ3) is 8.04. The first-order chi connectivity index (χ1) is 9.61. The van der Waals surface area contributed by atoms with Gasteiger partial charge in [0, 0.05) is 23.8 Å². The zero-order valence-corrected chi connectivity index (χ0v) is 14.3. The highest BCUT2D eigenvalue weighted by Gasteiger charge is 2.24. The molecule has 1 atom stereocenters. The van der Waals surface area contributed by atoms with Crippen molar-refractivity contribution in [3.63, 3.8) is 0 Å². The van der Waals surface area contributed by atoms with Gasteiger partial charge in [0.2, 0.25) is 15.9 Å². The van der Waals surface area contributed by atoms with Gasteiger partial charge < -0.3 is 5.32 Å². The molecule has 0 aromatic heterocycles. The molecular weight excluding hydrogens is 312 g/mol. The Morgan fingerprint density at radius 1 is 1.33 bits per heavy atom. The maximum atomic E-state index is 12.1. The van der Waals surface area contributed by atoms with Crippen LogP contribution in [-0.4, -0.2) is 38.0 Å². The van der Waals surface area contributed by atoms with Crippen molar-refractivity contribution in [3.8, 4) is 0 Å². The van der Waals surface area contributed by atoms with Crippen LogP contribution in [0.25, 0.3) is 0 Å². The van der Waals surface area contributed by atoms with Crippen LogP contribution in [0.4, 0.5) is 0 Å². The van der Waals surface area contributed by atoms with Gasteiger partial charge in [0.15, 0.2) is 0 Å². The van der Waals surface area contributed by atoms with E-state index in [4.69, 9.17) is 11.6 Å². The fourth-order valence-corrected chi connectivity index (χ4v) is 2.62. The van der Waals surface area contributed by atoms with Crippen LogP contribution in [0.15, 0.2) is 36.0 Å². The molecule has 1 N–H and O–H groups in total. The monoisotopic (exact) mass is 334 g/mol. The summed E-state index contributed by atoms with van der Waals surface area (Å²) in [4.78, 5) is 12.1. The number of carbonyl (C=O) groups is 1. The van der Waals surface area contributed by atoms with E-state index in [0.29, 0.717) is 23.7 Å². The van der Waals surface area contributed by atoms with E-state index in [1.165, 1.54) is 16.5 Å². The predicted octanol–water partition coefficient (Wildman–Crippen LogP) is 2.23. The number of carbonyl (C=O) groups excluding carboxylic acids is 1. The fraction of sp³-hybridized carbons (Fsp3) is 0.500. The molecule has 0 aromatic carbocycles. The van der Waals surface area contributed by atoms with Crippen molar-refractivity contribution in [3.05, 3.63) is 36.0 Å². The van der Waals surface area contributed by atoms with Gasteiger partial charge in [-0.05, 0) is 18.6 Å². The standard InChI is InChI=1S/C14H23ClN2O3S/c1-6-13(10-17(7-2)21(5,19)20)14(18)16-12(4)9-8-11(3)15/h8-9,13H,3-4,6-7,10H2,1-2,5H3,(H,16,18)/b9-8-/t13-/m1/s1. The molecule has 0 bridgehead atoms. The zero-order chi connectivity index (χ0) is 16.6. The van der Waals surface area contributed by atoms with E-state index in [1.807, 2.05) is 6.92 Å². The maximum absolute atomic E-state index is 12.1. The summed E-state index contributed by atoms with van der Waals surface area (Å²) >= 11 is 5.58. The van der Waals surface area contributed by atoms with Crippen LogP contribution in [0.5, 0.6) is 0 Å². The second kappa shape index (κ2) is 9.02. The van der Waals surface area contributed by atoms with Crippen molar-refractivity contribution in [2.45, 2.75) is 20.3 Å². The fourth-order valence-electron chi connectivity index (χ4n) is 1.64. The lowest BCUT2D eigenvalue weighted by atomic mass is 10.1. The van der Waals surface area contributed by atoms with E-state index in [9.17, 15) is 13.2 Å². The van der Waals surface area contributed by atoms with Crippen LogP contribution in [-0.2, 0) is 14.8 Å². The molecule has 0 aliphatic heterocycles. The Labute approximate surface area is 132 Å². The van der Waals surface area contributed by atoms with Gasteiger partial charge in [0.1, 0.15) is 0 Å². The Kier molecular flexibility index (Phi) is 8.54. The van der Waals surface area contributed by atoms with Crippen molar-refractivity contribution in [1.29, 1.82) is 0 Å². The Morgan fingerprint density at radius 2 is 1.90 bits per heavy atom. The lowest BCUT2D eigenvalue weighted by molar-refractivity contribution is -0.124. The number of nitrogens with one attached hydrogen (secondary N) is 1. The average Bonchev–Trinajstić information content (AvgIpc) is 2.35. The molecule has 0 heterocycles. The summed E-state index contributed by atoms with van der Waals surface area (Å²) in [6.45, 7) is 11.2. The molecule has 7 heteroatoms. The molecule has 0 radical (unpaired) electrons. The largest absolute Gasteiger partial charge is 0.326 e. The molecule has 120 valence electrons. The molecule has 1 amide bonds. The molecule has 0 rings (SSSR count). The maximum Gasteiger partial charge on any atom is 0.228 e. The normalized spacial score (nSPS) is 13.4. The minimum atomic E-state index is -3.32. The topological polar surface area (TPSA) is 66.5 Å². The van der Waals surface area contributed by atoms with Gasteiger partial charge in [-0.1, -0.05) is 38.6 Å². The van der Waals surface area contributed by atoms with Crippen LogP contribution in [0.3, 0.4) is 0 Å².